The van der Waals surface area contributed by atoms with Gasteiger partial charge in [0.05, 0.1) is 5.56 Å². The van der Waals surface area contributed by atoms with Gasteiger partial charge in [0.2, 0.25) is 0 Å². The third-order valence-electron chi connectivity index (χ3n) is 5.37. The molecular weight excluding hydrogens is 388 g/mol. The fourth-order valence-electron chi connectivity index (χ4n) is 3.52. The molecule has 0 aliphatic carbocycles. The predicted octanol–water partition coefficient (Wildman–Crippen LogP) is 8.03. The summed E-state index contributed by atoms with van der Waals surface area (Å²) in [6.07, 6.45) is 1.30. The van der Waals surface area contributed by atoms with Gasteiger partial charge in [-0.2, -0.15) is 13.2 Å². The summed E-state index contributed by atoms with van der Waals surface area (Å²) in [6.45, 7) is 2.15. The van der Waals surface area contributed by atoms with Crippen molar-refractivity contribution in [3.63, 3.8) is 0 Å². The molecule has 0 nitrogen and oxygen atoms in total. The molecule has 0 aliphatic heterocycles. The van der Waals surface area contributed by atoms with Crippen molar-refractivity contribution in [1.82, 2.24) is 0 Å². The molecule has 3 rings (SSSR count). The van der Waals surface area contributed by atoms with Crippen LogP contribution < -0.4 is 0 Å². The van der Waals surface area contributed by atoms with Gasteiger partial charge in [-0.05, 0) is 71.7 Å². The molecule has 0 fully saturated rings. The van der Waals surface area contributed by atoms with Gasteiger partial charge in [-0.25, -0.2) is 4.39 Å². The van der Waals surface area contributed by atoms with Crippen LogP contribution in [-0.4, -0.2) is 0 Å². The maximum Gasteiger partial charge on any atom is 0.416 e. The molecular formula is C26H26F4. The van der Waals surface area contributed by atoms with Gasteiger partial charge in [-0.1, -0.05) is 68.3 Å². The normalized spacial score (nSPS) is 11.6. The van der Waals surface area contributed by atoms with Gasteiger partial charge in [0.15, 0.2) is 0 Å². The maximum absolute atomic E-state index is 14.4. The van der Waals surface area contributed by atoms with Gasteiger partial charge in [0.25, 0.3) is 0 Å². The number of benzene rings is 3. The Kier molecular flexibility index (Phi) is 7.30. The Balaban J connectivity index is 1.59. The zero-order valence-electron chi connectivity index (χ0n) is 17.1. The lowest BCUT2D eigenvalue weighted by Gasteiger charge is -2.09. The van der Waals surface area contributed by atoms with Crippen molar-refractivity contribution >= 4 is 0 Å². The third kappa shape index (κ3) is 5.94. The maximum atomic E-state index is 14.4. The molecule has 0 aliphatic rings. The summed E-state index contributed by atoms with van der Waals surface area (Å²) < 4.78 is 52.5. The van der Waals surface area contributed by atoms with Crippen molar-refractivity contribution in [2.24, 2.45) is 0 Å². The molecule has 0 N–H and O–H groups in total. The quantitative estimate of drug-likeness (QED) is 0.258. The van der Waals surface area contributed by atoms with Crippen molar-refractivity contribution in [2.45, 2.75) is 51.6 Å². The standard InChI is InChI=1S/C26H26F4/c1-2-3-4-5-20-9-13-23(25(27)18-20)12-8-19-6-10-21(11-7-19)22-14-16-24(17-15-22)26(28,29)30/h6-7,9-11,13-18H,2-5,8,12H2,1H3. The Hall–Kier alpha value is -2.62. The Morgan fingerprint density at radius 2 is 1.27 bits per heavy atom. The lowest BCUT2D eigenvalue weighted by Crippen LogP contribution is -2.03. The number of halogens is 4. The number of unbranched alkanes of at least 4 members (excludes halogenated alkanes) is 2. The number of alkyl halides is 3. The van der Waals surface area contributed by atoms with Crippen LogP contribution in [0.1, 0.15) is 48.4 Å². The molecule has 0 saturated heterocycles. The van der Waals surface area contributed by atoms with Gasteiger partial charge >= 0.3 is 6.18 Å². The lowest BCUT2D eigenvalue weighted by molar-refractivity contribution is -0.137. The minimum atomic E-state index is -4.33. The molecule has 0 bridgehead atoms. The predicted molar refractivity (Wildman–Crippen MR) is 114 cm³/mol. The average molecular weight is 414 g/mol. The molecule has 0 aromatic heterocycles. The minimum Gasteiger partial charge on any atom is -0.207 e. The van der Waals surface area contributed by atoms with Crippen LogP contribution in [0.25, 0.3) is 11.1 Å². The number of hydrogen-bond acceptors (Lipinski definition) is 0. The SMILES string of the molecule is CCCCCc1ccc(CCc2ccc(-c3ccc(C(F)(F)F)cc3)cc2)c(F)c1. The molecule has 0 radical (unpaired) electrons. The van der Waals surface area contributed by atoms with E-state index in [0.717, 1.165) is 60.1 Å². The van der Waals surface area contributed by atoms with E-state index in [1.54, 1.807) is 6.07 Å². The summed E-state index contributed by atoms with van der Waals surface area (Å²) in [4.78, 5) is 0. The van der Waals surface area contributed by atoms with Crippen LogP contribution in [0.5, 0.6) is 0 Å². The van der Waals surface area contributed by atoms with E-state index >= 15 is 0 Å². The first-order valence-electron chi connectivity index (χ1n) is 10.4. The highest BCUT2D eigenvalue weighted by atomic mass is 19.4. The van der Waals surface area contributed by atoms with Crippen LogP contribution in [0.3, 0.4) is 0 Å². The van der Waals surface area contributed by atoms with Gasteiger partial charge in [-0.3, -0.25) is 0 Å². The van der Waals surface area contributed by atoms with E-state index in [1.165, 1.54) is 12.1 Å². The van der Waals surface area contributed by atoms with Gasteiger partial charge in [-0.15, -0.1) is 0 Å². The molecule has 0 spiro atoms. The van der Waals surface area contributed by atoms with Crippen LogP contribution in [0, 0.1) is 5.82 Å². The van der Waals surface area contributed by atoms with Crippen molar-refractivity contribution in [1.29, 1.82) is 0 Å². The summed E-state index contributed by atoms with van der Waals surface area (Å²) in [6, 6.07) is 18.4. The molecule has 158 valence electrons. The highest BCUT2D eigenvalue weighted by molar-refractivity contribution is 5.64. The zero-order chi connectivity index (χ0) is 21.6. The first-order valence-corrected chi connectivity index (χ1v) is 10.4. The zero-order valence-corrected chi connectivity index (χ0v) is 17.1. The van der Waals surface area contributed by atoms with E-state index in [1.807, 2.05) is 36.4 Å². The second-order valence-corrected chi connectivity index (χ2v) is 7.65. The van der Waals surface area contributed by atoms with Crippen LogP contribution >= 0.6 is 0 Å². The van der Waals surface area contributed by atoms with Crippen molar-refractivity contribution in [3.05, 3.63) is 94.8 Å². The highest BCUT2D eigenvalue weighted by Crippen LogP contribution is 2.31. The molecule has 3 aromatic rings. The van der Waals surface area contributed by atoms with Crippen molar-refractivity contribution in [2.75, 3.05) is 0 Å². The molecule has 4 heteroatoms. The molecule has 30 heavy (non-hydrogen) atoms. The monoisotopic (exact) mass is 414 g/mol. The van der Waals surface area contributed by atoms with E-state index in [-0.39, 0.29) is 5.82 Å². The number of rotatable bonds is 8. The summed E-state index contributed by atoms with van der Waals surface area (Å²) in [5.41, 5.74) is 3.76. The van der Waals surface area contributed by atoms with Crippen molar-refractivity contribution < 1.29 is 17.6 Å². The Labute approximate surface area is 175 Å². The molecule has 0 saturated carbocycles. The smallest absolute Gasteiger partial charge is 0.207 e. The van der Waals surface area contributed by atoms with E-state index in [9.17, 15) is 17.6 Å². The Morgan fingerprint density at radius 1 is 0.667 bits per heavy atom. The summed E-state index contributed by atoms with van der Waals surface area (Å²) in [5, 5.41) is 0. The van der Waals surface area contributed by atoms with Gasteiger partial charge in [0.1, 0.15) is 5.82 Å². The topological polar surface area (TPSA) is 0 Å². The minimum absolute atomic E-state index is 0.148. The lowest BCUT2D eigenvalue weighted by atomic mass is 9.98. The fraction of sp³-hybridized carbons (Fsp3) is 0.308. The highest BCUT2D eigenvalue weighted by Gasteiger charge is 2.29. The first-order chi connectivity index (χ1) is 14.4. The molecule has 0 heterocycles. The van der Waals surface area contributed by atoms with Crippen LogP contribution in [0.15, 0.2) is 66.7 Å². The van der Waals surface area contributed by atoms with E-state index in [4.69, 9.17) is 0 Å². The summed E-state index contributed by atoms with van der Waals surface area (Å²) in [5.74, 6) is -0.148. The largest absolute Gasteiger partial charge is 0.416 e. The molecule has 0 unspecified atom stereocenters. The average Bonchev–Trinajstić information content (AvgIpc) is 2.73. The molecule has 3 aromatic carbocycles. The first kappa shape index (κ1) is 22.1. The van der Waals surface area contributed by atoms with Crippen molar-refractivity contribution in [3.8, 4) is 11.1 Å². The van der Waals surface area contributed by atoms with Crippen LogP contribution in [0.4, 0.5) is 17.6 Å². The van der Waals surface area contributed by atoms with Crippen LogP contribution in [-0.2, 0) is 25.4 Å². The third-order valence-corrected chi connectivity index (χ3v) is 5.37. The molecule has 0 atom stereocenters. The van der Waals surface area contributed by atoms with Gasteiger partial charge in [0, 0.05) is 0 Å². The van der Waals surface area contributed by atoms with E-state index < -0.39 is 11.7 Å². The second-order valence-electron chi connectivity index (χ2n) is 7.65. The van der Waals surface area contributed by atoms with Crippen LogP contribution in [0.2, 0.25) is 0 Å². The Morgan fingerprint density at radius 3 is 1.83 bits per heavy atom. The summed E-state index contributed by atoms with van der Waals surface area (Å²) in [7, 11) is 0. The second kappa shape index (κ2) is 9.92. The fourth-order valence-corrected chi connectivity index (χ4v) is 3.52. The number of aryl methyl sites for hydroxylation is 3. The van der Waals surface area contributed by atoms with E-state index in [0.29, 0.717) is 18.4 Å². The summed E-state index contributed by atoms with van der Waals surface area (Å²) >= 11 is 0. The van der Waals surface area contributed by atoms with E-state index in [2.05, 4.69) is 6.92 Å². The Bertz CT molecular complexity index is 938. The number of hydrogen-bond donors (Lipinski definition) is 0. The molecule has 0 amide bonds. The van der Waals surface area contributed by atoms with Gasteiger partial charge < -0.3 is 0 Å².